The van der Waals surface area contributed by atoms with E-state index in [0.29, 0.717) is 106 Å². The van der Waals surface area contributed by atoms with Crippen LogP contribution in [0.25, 0.3) is 11.3 Å². The number of carbonyl (C=O) groups is 3. The topological polar surface area (TPSA) is 128 Å². The van der Waals surface area contributed by atoms with Gasteiger partial charge in [0.2, 0.25) is 0 Å². The first-order chi connectivity index (χ1) is 29.7. The van der Waals surface area contributed by atoms with Crippen LogP contribution in [0.5, 0.6) is 11.5 Å². The van der Waals surface area contributed by atoms with Crippen molar-refractivity contribution in [3.05, 3.63) is 118 Å². The molecule has 63 heavy (non-hydrogen) atoms. The average molecular weight is 876 g/mol. The maximum atomic E-state index is 15.4. The highest BCUT2D eigenvalue weighted by Gasteiger charge is 2.32. The second-order valence-corrected chi connectivity index (χ2v) is 18.5. The number of esters is 1. The highest BCUT2D eigenvalue weighted by molar-refractivity contribution is 6.31. The maximum absolute atomic E-state index is 15.4. The number of nitriles is 1. The first-order valence-electron chi connectivity index (χ1n) is 21.3. The molecule has 3 aromatic carbocycles. The Balaban J connectivity index is 1.38. The van der Waals surface area contributed by atoms with Gasteiger partial charge in [0, 0.05) is 60.9 Å². The number of carbonyl (C=O) groups excluding carboxylic acids is 3. The SMILES string of the molecule is Cc1c(N(C(=O)c2cc(-c3cc(Cl)ccc3C(=O)OC(C)(C)C)n(C)c2C)c2ccc(OCc3ccccc3)cc2OCCC2CCN(C(=O)OC(C)(C)C)CC2)cc(C#N)n1C. The third-order valence-corrected chi connectivity index (χ3v) is 11.4. The summed E-state index contributed by atoms with van der Waals surface area (Å²) in [6.07, 6.45) is 2.02. The summed E-state index contributed by atoms with van der Waals surface area (Å²) in [5.74, 6) is 0.367. The Kier molecular flexibility index (Phi) is 14.0. The van der Waals surface area contributed by atoms with Crippen molar-refractivity contribution in [2.75, 3.05) is 24.6 Å². The van der Waals surface area contributed by atoms with Gasteiger partial charge in [-0.1, -0.05) is 41.9 Å². The molecule has 3 heterocycles. The summed E-state index contributed by atoms with van der Waals surface area (Å²) >= 11 is 6.53. The van der Waals surface area contributed by atoms with Gasteiger partial charge in [0.05, 0.1) is 29.1 Å². The Labute approximate surface area is 375 Å². The average Bonchev–Trinajstić information content (AvgIpc) is 3.69. The maximum Gasteiger partial charge on any atom is 0.410 e. The number of nitrogens with zero attached hydrogens (tertiary/aromatic N) is 5. The lowest BCUT2D eigenvalue weighted by Gasteiger charge is -2.33. The van der Waals surface area contributed by atoms with Crippen LogP contribution < -0.4 is 14.4 Å². The van der Waals surface area contributed by atoms with E-state index in [2.05, 4.69) is 6.07 Å². The molecule has 0 N–H and O–H groups in total. The van der Waals surface area contributed by atoms with Crippen molar-refractivity contribution in [3.63, 3.8) is 0 Å². The van der Waals surface area contributed by atoms with Crippen LogP contribution in [0.4, 0.5) is 16.2 Å². The molecule has 1 saturated heterocycles. The zero-order valence-electron chi connectivity index (χ0n) is 38.0. The largest absolute Gasteiger partial charge is 0.491 e. The molecule has 5 aromatic rings. The van der Waals surface area contributed by atoms with Gasteiger partial charge in [0.1, 0.15) is 41.1 Å². The zero-order valence-corrected chi connectivity index (χ0v) is 38.8. The number of halogens is 1. The smallest absolute Gasteiger partial charge is 0.410 e. The van der Waals surface area contributed by atoms with Gasteiger partial charge < -0.3 is 33.0 Å². The van der Waals surface area contributed by atoms with Gasteiger partial charge in [-0.3, -0.25) is 9.69 Å². The molecule has 1 aliphatic rings. The van der Waals surface area contributed by atoms with E-state index in [-0.39, 0.29) is 12.0 Å². The van der Waals surface area contributed by atoms with Crippen molar-refractivity contribution >= 4 is 40.9 Å². The molecule has 1 fully saturated rings. The minimum atomic E-state index is -0.739. The van der Waals surface area contributed by atoms with Gasteiger partial charge in [-0.15, -0.1) is 0 Å². The van der Waals surface area contributed by atoms with Crippen LogP contribution in [0.1, 0.15) is 104 Å². The lowest BCUT2D eigenvalue weighted by atomic mass is 9.94. The Morgan fingerprint density at radius 3 is 2.11 bits per heavy atom. The summed E-state index contributed by atoms with van der Waals surface area (Å²) < 4.78 is 27.9. The number of anilines is 2. The standard InChI is InChI=1S/C50H58ClN5O7/c1-32-40(29-44(54(32)10)41-26-36(51)16-18-39(41)47(58)62-49(3,4)5)46(57)56(43-27-37(30-52)53(9)33(43)2)42-19-17-38(61-31-35-14-12-11-13-15-35)28-45(42)60-25-22-34-20-23-55(24-21-34)48(59)63-50(6,7)8/h11-19,26-29,34H,20-25,31H2,1-10H3. The summed E-state index contributed by atoms with van der Waals surface area (Å²) in [6.45, 7) is 16.6. The monoisotopic (exact) mass is 875 g/mol. The van der Waals surface area contributed by atoms with Gasteiger partial charge in [-0.25, -0.2) is 9.59 Å². The summed E-state index contributed by atoms with van der Waals surface area (Å²) in [7, 11) is 3.62. The number of amides is 2. The molecule has 0 atom stereocenters. The number of piperidine rings is 1. The molecule has 6 rings (SSSR count). The molecule has 0 spiro atoms. The van der Waals surface area contributed by atoms with Crippen LogP contribution in [0.3, 0.4) is 0 Å². The van der Waals surface area contributed by atoms with E-state index in [0.717, 1.165) is 18.4 Å². The number of aromatic nitrogens is 2. The van der Waals surface area contributed by atoms with Crippen molar-refractivity contribution in [2.24, 2.45) is 20.0 Å². The summed E-state index contributed by atoms with van der Waals surface area (Å²) in [5.41, 5.74) is 4.08. The van der Waals surface area contributed by atoms with Crippen molar-refractivity contribution in [1.82, 2.24) is 14.0 Å². The molecule has 0 unspecified atom stereocenters. The predicted molar refractivity (Wildman–Crippen MR) is 245 cm³/mol. The van der Waals surface area contributed by atoms with Crippen LogP contribution in [0, 0.1) is 31.1 Å². The van der Waals surface area contributed by atoms with E-state index in [9.17, 15) is 14.9 Å². The van der Waals surface area contributed by atoms with Crippen molar-refractivity contribution in [3.8, 4) is 28.8 Å². The van der Waals surface area contributed by atoms with E-state index >= 15 is 4.79 Å². The molecule has 0 radical (unpaired) electrons. The van der Waals surface area contributed by atoms with Crippen molar-refractivity contribution in [2.45, 2.75) is 92.5 Å². The number of ether oxygens (including phenoxy) is 4. The molecule has 0 aliphatic carbocycles. The van der Waals surface area contributed by atoms with Crippen molar-refractivity contribution < 1.29 is 33.3 Å². The molecule has 332 valence electrons. The molecule has 2 aromatic heterocycles. The Morgan fingerprint density at radius 1 is 0.794 bits per heavy atom. The molecular weight excluding hydrogens is 818 g/mol. The van der Waals surface area contributed by atoms with Crippen LogP contribution >= 0.6 is 11.6 Å². The molecule has 12 nitrogen and oxygen atoms in total. The molecule has 0 saturated carbocycles. The second-order valence-electron chi connectivity index (χ2n) is 18.0. The van der Waals surface area contributed by atoms with Gasteiger partial charge in [-0.2, -0.15) is 5.26 Å². The first-order valence-corrected chi connectivity index (χ1v) is 21.6. The lowest BCUT2D eigenvalue weighted by molar-refractivity contribution is 0.00690. The van der Waals surface area contributed by atoms with E-state index in [1.807, 2.05) is 88.7 Å². The lowest BCUT2D eigenvalue weighted by Crippen LogP contribution is -2.41. The number of likely N-dealkylation sites (tertiary alicyclic amines) is 1. The molecule has 2 amide bonds. The van der Waals surface area contributed by atoms with Crippen LogP contribution in [0.2, 0.25) is 5.02 Å². The van der Waals surface area contributed by atoms with Crippen LogP contribution in [0.15, 0.2) is 78.9 Å². The number of hydrogen-bond acceptors (Lipinski definition) is 8. The summed E-state index contributed by atoms with van der Waals surface area (Å²) in [5, 5.41) is 10.5. The number of rotatable bonds is 12. The molecular formula is C50H58ClN5O7. The minimum absolute atomic E-state index is 0.300. The molecule has 13 heteroatoms. The first kappa shape index (κ1) is 46.3. The van der Waals surface area contributed by atoms with Crippen LogP contribution in [-0.2, 0) is 30.2 Å². The van der Waals surface area contributed by atoms with Crippen molar-refractivity contribution in [1.29, 1.82) is 5.26 Å². The zero-order chi connectivity index (χ0) is 45.8. The number of benzene rings is 3. The fraction of sp³-hybridized carbons (Fsp3) is 0.400. The van der Waals surface area contributed by atoms with Gasteiger partial charge in [0.25, 0.3) is 5.91 Å². The molecule has 1 aliphatic heterocycles. The van der Waals surface area contributed by atoms with Gasteiger partial charge in [-0.05, 0) is 129 Å². The van der Waals surface area contributed by atoms with E-state index in [1.165, 1.54) is 0 Å². The fourth-order valence-electron chi connectivity index (χ4n) is 7.59. The Hall–Kier alpha value is -6.19. The van der Waals surface area contributed by atoms with Gasteiger partial charge in [0.15, 0.2) is 0 Å². The Morgan fingerprint density at radius 2 is 1.48 bits per heavy atom. The Bertz CT molecular complexity index is 2510. The quantitative estimate of drug-likeness (QED) is 0.113. The third-order valence-electron chi connectivity index (χ3n) is 11.2. The highest BCUT2D eigenvalue weighted by Crippen LogP contribution is 2.42. The summed E-state index contributed by atoms with van der Waals surface area (Å²) in [6, 6.07) is 25.9. The second kappa shape index (κ2) is 19.1. The predicted octanol–water partition coefficient (Wildman–Crippen LogP) is 11.1. The fourth-order valence-corrected chi connectivity index (χ4v) is 7.76. The minimum Gasteiger partial charge on any atom is -0.491 e. The van der Waals surface area contributed by atoms with Gasteiger partial charge >= 0.3 is 12.1 Å². The van der Waals surface area contributed by atoms with E-state index in [4.69, 9.17) is 30.5 Å². The highest BCUT2D eigenvalue weighted by atomic mass is 35.5. The molecule has 0 bridgehead atoms. The van der Waals surface area contributed by atoms with Crippen LogP contribution in [-0.4, -0.2) is 62.9 Å². The van der Waals surface area contributed by atoms with E-state index < -0.39 is 17.2 Å². The number of hydrogen-bond donors (Lipinski definition) is 0. The third kappa shape index (κ3) is 11.1. The normalized spacial score (nSPS) is 13.3. The summed E-state index contributed by atoms with van der Waals surface area (Å²) in [4.78, 5) is 45.0. The van der Waals surface area contributed by atoms with E-state index in [1.54, 1.807) is 78.6 Å².